The fourth-order valence-electron chi connectivity index (χ4n) is 1.88. The predicted octanol–water partition coefficient (Wildman–Crippen LogP) is 2.30. The van der Waals surface area contributed by atoms with Crippen LogP contribution in [-0.2, 0) is 25.7 Å². The van der Waals surface area contributed by atoms with Gasteiger partial charge in [-0.3, -0.25) is 0 Å². The first-order valence-corrected chi connectivity index (χ1v) is 6.81. The minimum Gasteiger partial charge on any atom is -0.461 e. The molecule has 0 radical (unpaired) electrons. The third kappa shape index (κ3) is 4.35. The summed E-state index contributed by atoms with van der Waals surface area (Å²) in [7, 11) is 0. The molecule has 1 aromatic rings. The summed E-state index contributed by atoms with van der Waals surface area (Å²) in [6, 6.07) is 9.95. The second-order valence-corrected chi connectivity index (χ2v) is 4.53. The third-order valence-electron chi connectivity index (χ3n) is 2.94. The van der Waals surface area contributed by atoms with Gasteiger partial charge in [-0.15, -0.1) is 0 Å². The van der Waals surface area contributed by atoms with Gasteiger partial charge in [0.1, 0.15) is 0 Å². The fraction of sp³-hybridized carbons (Fsp3) is 0.467. The van der Waals surface area contributed by atoms with E-state index in [9.17, 15) is 4.79 Å². The maximum atomic E-state index is 11.4. The number of nitrogens with zero attached hydrogens (tertiary/aromatic N) is 1. The van der Waals surface area contributed by atoms with Gasteiger partial charge in [-0.05, 0) is 18.9 Å². The summed E-state index contributed by atoms with van der Waals surface area (Å²) in [4.78, 5) is 16.7. The summed E-state index contributed by atoms with van der Waals surface area (Å²) >= 11 is 0. The number of rotatable bonds is 6. The molecular formula is C15H19NO4. The van der Waals surface area contributed by atoms with Crippen molar-refractivity contribution in [3.63, 3.8) is 0 Å². The third-order valence-corrected chi connectivity index (χ3v) is 2.94. The smallest absolute Gasteiger partial charge is 0.356 e. The van der Waals surface area contributed by atoms with Gasteiger partial charge in [0.15, 0.2) is 11.8 Å². The molecule has 5 heteroatoms. The number of ether oxygens (including phenoxy) is 2. The average molecular weight is 277 g/mol. The number of hydrogen-bond acceptors (Lipinski definition) is 5. The van der Waals surface area contributed by atoms with Crippen molar-refractivity contribution >= 4 is 11.7 Å². The van der Waals surface area contributed by atoms with E-state index in [1.54, 1.807) is 6.92 Å². The molecule has 0 fully saturated rings. The average Bonchev–Trinajstić information content (AvgIpc) is 2.49. The number of carbonyl (C=O) groups is 1. The van der Waals surface area contributed by atoms with Crippen molar-refractivity contribution in [1.82, 2.24) is 0 Å². The normalized spacial score (nSPS) is 18.1. The first kappa shape index (κ1) is 14.5. The lowest BCUT2D eigenvalue weighted by Gasteiger charge is -2.20. The van der Waals surface area contributed by atoms with Gasteiger partial charge in [0.2, 0.25) is 0 Å². The topological polar surface area (TPSA) is 57.1 Å². The molecule has 2 rings (SSSR count). The van der Waals surface area contributed by atoms with Gasteiger partial charge in [-0.25, -0.2) is 4.79 Å². The molecule has 1 aromatic carbocycles. The molecule has 108 valence electrons. The highest BCUT2D eigenvalue weighted by atomic mass is 16.7. The number of carbonyl (C=O) groups excluding carboxylic acids is 1. The van der Waals surface area contributed by atoms with Crippen molar-refractivity contribution in [3.8, 4) is 0 Å². The quantitative estimate of drug-likeness (QED) is 0.749. The summed E-state index contributed by atoms with van der Waals surface area (Å²) in [5.74, 6) is -0.392. The van der Waals surface area contributed by atoms with Crippen LogP contribution in [0.2, 0.25) is 0 Å². The van der Waals surface area contributed by atoms with Crippen molar-refractivity contribution in [1.29, 1.82) is 0 Å². The van der Waals surface area contributed by atoms with E-state index in [1.165, 1.54) is 0 Å². The second kappa shape index (κ2) is 7.65. The van der Waals surface area contributed by atoms with Gasteiger partial charge in [-0.2, -0.15) is 0 Å². The number of oxime groups is 1. The molecule has 0 N–H and O–H groups in total. The zero-order valence-corrected chi connectivity index (χ0v) is 11.6. The van der Waals surface area contributed by atoms with Gasteiger partial charge in [0.25, 0.3) is 0 Å². The monoisotopic (exact) mass is 277 g/mol. The van der Waals surface area contributed by atoms with Crippen molar-refractivity contribution in [2.45, 2.75) is 32.5 Å². The Hall–Kier alpha value is -1.88. The zero-order chi connectivity index (χ0) is 14.2. The Balaban J connectivity index is 1.70. The van der Waals surface area contributed by atoms with Crippen LogP contribution in [0.15, 0.2) is 35.5 Å². The molecular weight excluding hydrogens is 258 g/mol. The number of benzene rings is 1. The van der Waals surface area contributed by atoms with E-state index in [0.717, 1.165) is 5.56 Å². The molecule has 0 spiro atoms. The molecule has 0 aromatic heterocycles. The van der Waals surface area contributed by atoms with E-state index in [-0.39, 0.29) is 6.10 Å². The van der Waals surface area contributed by atoms with E-state index < -0.39 is 5.97 Å². The predicted molar refractivity (Wildman–Crippen MR) is 74.3 cm³/mol. The zero-order valence-electron chi connectivity index (χ0n) is 11.6. The highest BCUT2D eigenvalue weighted by molar-refractivity contribution is 6.36. The Bertz CT molecular complexity index is 458. The van der Waals surface area contributed by atoms with Crippen LogP contribution in [0, 0.1) is 0 Å². The molecule has 1 atom stereocenters. The molecule has 1 aliphatic heterocycles. The Morgan fingerprint density at radius 1 is 1.40 bits per heavy atom. The second-order valence-electron chi connectivity index (χ2n) is 4.53. The Labute approximate surface area is 118 Å². The van der Waals surface area contributed by atoms with Crippen LogP contribution < -0.4 is 0 Å². The van der Waals surface area contributed by atoms with E-state index in [2.05, 4.69) is 5.16 Å². The Morgan fingerprint density at radius 3 is 2.85 bits per heavy atom. The Kier molecular flexibility index (Phi) is 5.55. The van der Waals surface area contributed by atoms with Crippen LogP contribution in [0.4, 0.5) is 0 Å². The van der Waals surface area contributed by atoms with Gasteiger partial charge in [-0.1, -0.05) is 35.5 Å². The molecule has 0 aliphatic carbocycles. The van der Waals surface area contributed by atoms with Crippen LogP contribution in [-0.4, -0.2) is 31.0 Å². The summed E-state index contributed by atoms with van der Waals surface area (Å²) < 4.78 is 10.5. The molecule has 0 amide bonds. The van der Waals surface area contributed by atoms with Gasteiger partial charge < -0.3 is 14.3 Å². The SMILES string of the molecule is CCOC(=O)C1=NOC(COCc2ccccc2)CC1. The van der Waals surface area contributed by atoms with Crippen molar-refractivity contribution in [2.24, 2.45) is 5.16 Å². The van der Waals surface area contributed by atoms with Crippen LogP contribution in [0.3, 0.4) is 0 Å². The van der Waals surface area contributed by atoms with Crippen LogP contribution in [0.1, 0.15) is 25.3 Å². The molecule has 5 nitrogen and oxygen atoms in total. The summed E-state index contributed by atoms with van der Waals surface area (Å²) in [6.07, 6.45) is 1.18. The highest BCUT2D eigenvalue weighted by Gasteiger charge is 2.23. The minimum atomic E-state index is -0.392. The van der Waals surface area contributed by atoms with Crippen molar-refractivity contribution in [3.05, 3.63) is 35.9 Å². The lowest BCUT2D eigenvalue weighted by Crippen LogP contribution is -2.28. The molecule has 20 heavy (non-hydrogen) atoms. The summed E-state index contributed by atoms with van der Waals surface area (Å²) in [5, 5.41) is 3.82. The number of hydrogen-bond donors (Lipinski definition) is 0. The van der Waals surface area contributed by atoms with E-state index >= 15 is 0 Å². The first-order chi connectivity index (χ1) is 9.79. The van der Waals surface area contributed by atoms with E-state index in [0.29, 0.717) is 38.4 Å². The molecule has 1 heterocycles. The lowest BCUT2D eigenvalue weighted by atomic mass is 10.1. The van der Waals surface area contributed by atoms with Gasteiger partial charge in [0.05, 0.1) is 19.8 Å². The maximum Gasteiger partial charge on any atom is 0.356 e. The van der Waals surface area contributed by atoms with E-state index in [1.807, 2.05) is 30.3 Å². The van der Waals surface area contributed by atoms with Crippen molar-refractivity contribution in [2.75, 3.05) is 13.2 Å². The fourth-order valence-corrected chi connectivity index (χ4v) is 1.88. The number of esters is 1. The van der Waals surface area contributed by atoms with Crippen LogP contribution >= 0.6 is 0 Å². The van der Waals surface area contributed by atoms with Crippen LogP contribution in [0.5, 0.6) is 0 Å². The van der Waals surface area contributed by atoms with Crippen LogP contribution in [0.25, 0.3) is 0 Å². The van der Waals surface area contributed by atoms with Crippen molar-refractivity contribution < 1.29 is 19.1 Å². The van der Waals surface area contributed by atoms with Gasteiger partial charge in [0, 0.05) is 6.42 Å². The van der Waals surface area contributed by atoms with E-state index in [4.69, 9.17) is 14.3 Å². The summed E-state index contributed by atoms with van der Waals surface area (Å²) in [6.45, 7) is 3.13. The molecule has 0 bridgehead atoms. The molecule has 1 aliphatic rings. The van der Waals surface area contributed by atoms with Gasteiger partial charge >= 0.3 is 5.97 Å². The largest absolute Gasteiger partial charge is 0.461 e. The lowest BCUT2D eigenvalue weighted by molar-refractivity contribution is -0.136. The standard InChI is InChI=1S/C15H19NO4/c1-2-19-15(17)14-9-8-13(20-16-14)11-18-10-12-6-4-3-5-7-12/h3-7,13H,2,8-11H2,1H3. The molecule has 0 saturated heterocycles. The maximum absolute atomic E-state index is 11.4. The minimum absolute atomic E-state index is 0.100. The summed E-state index contributed by atoms with van der Waals surface area (Å²) in [5.41, 5.74) is 1.48. The highest BCUT2D eigenvalue weighted by Crippen LogP contribution is 2.13. The molecule has 1 unspecified atom stereocenters. The Morgan fingerprint density at radius 2 is 2.20 bits per heavy atom. The molecule has 0 saturated carbocycles. The first-order valence-electron chi connectivity index (χ1n) is 6.81.